The van der Waals surface area contributed by atoms with Gasteiger partial charge in [0.2, 0.25) is 0 Å². The van der Waals surface area contributed by atoms with Gasteiger partial charge in [0, 0.05) is 19.3 Å². The predicted molar refractivity (Wildman–Crippen MR) is 84.0 cm³/mol. The quantitative estimate of drug-likeness (QED) is 0.898. The minimum atomic E-state index is 0.535. The standard InChI is InChI=1S/C18H23NO/c1-19-17(11-14-9-10-20-13-14)12-16-7-4-6-15-5-2-3-8-18(15)16/h2-8,14,17,19H,9-13H2,1H3. The number of ether oxygens (including phenoxy) is 1. The Morgan fingerprint density at radius 1 is 1.20 bits per heavy atom. The van der Waals surface area contributed by atoms with E-state index >= 15 is 0 Å². The molecular formula is C18H23NO. The molecule has 2 aromatic carbocycles. The van der Waals surface area contributed by atoms with Crippen LogP contribution in [0.2, 0.25) is 0 Å². The molecule has 2 atom stereocenters. The summed E-state index contributed by atoms with van der Waals surface area (Å²) in [5.41, 5.74) is 1.45. The molecule has 2 aromatic rings. The van der Waals surface area contributed by atoms with Gasteiger partial charge in [-0.1, -0.05) is 42.5 Å². The maximum atomic E-state index is 5.50. The van der Waals surface area contributed by atoms with Crippen LogP contribution in [-0.2, 0) is 11.2 Å². The van der Waals surface area contributed by atoms with Crippen LogP contribution in [0.3, 0.4) is 0 Å². The lowest BCUT2D eigenvalue weighted by Crippen LogP contribution is -2.30. The van der Waals surface area contributed by atoms with Crippen LogP contribution in [0.5, 0.6) is 0 Å². The van der Waals surface area contributed by atoms with Gasteiger partial charge in [-0.2, -0.15) is 0 Å². The van der Waals surface area contributed by atoms with Crippen molar-refractivity contribution in [1.29, 1.82) is 0 Å². The van der Waals surface area contributed by atoms with E-state index in [2.05, 4.69) is 54.8 Å². The van der Waals surface area contributed by atoms with Crippen molar-refractivity contribution in [2.45, 2.75) is 25.3 Å². The third kappa shape index (κ3) is 3.02. The Balaban J connectivity index is 1.76. The van der Waals surface area contributed by atoms with Gasteiger partial charge in [0.15, 0.2) is 0 Å². The van der Waals surface area contributed by atoms with E-state index in [0.29, 0.717) is 6.04 Å². The van der Waals surface area contributed by atoms with Crippen molar-refractivity contribution in [2.24, 2.45) is 5.92 Å². The molecule has 0 aliphatic carbocycles. The fraction of sp³-hybridized carbons (Fsp3) is 0.444. The zero-order valence-electron chi connectivity index (χ0n) is 12.1. The second-order valence-corrected chi connectivity index (χ2v) is 5.79. The second-order valence-electron chi connectivity index (χ2n) is 5.79. The third-order valence-corrected chi connectivity index (χ3v) is 4.40. The van der Waals surface area contributed by atoms with Crippen LogP contribution in [-0.4, -0.2) is 26.3 Å². The van der Waals surface area contributed by atoms with Crippen molar-refractivity contribution >= 4 is 10.8 Å². The Morgan fingerprint density at radius 2 is 2.05 bits per heavy atom. The molecule has 1 aliphatic rings. The maximum Gasteiger partial charge on any atom is 0.0495 e. The maximum absolute atomic E-state index is 5.50. The number of hydrogen-bond acceptors (Lipinski definition) is 2. The van der Waals surface area contributed by atoms with Gasteiger partial charge in [0.25, 0.3) is 0 Å². The van der Waals surface area contributed by atoms with E-state index in [1.807, 2.05) is 0 Å². The lowest BCUT2D eigenvalue weighted by molar-refractivity contribution is 0.181. The average Bonchev–Trinajstić information content (AvgIpc) is 3.00. The first-order valence-corrected chi connectivity index (χ1v) is 7.58. The Kier molecular flexibility index (Phi) is 4.34. The molecule has 106 valence electrons. The summed E-state index contributed by atoms with van der Waals surface area (Å²) in [6.07, 6.45) is 3.52. The molecule has 0 spiro atoms. The van der Waals surface area contributed by atoms with E-state index in [0.717, 1.165) is 25.6 Å². The topological polar surface area (TPSA) is 21.3 Å². The molecule has 1 fully saturated rings. The minimum Gasteiger partial charge on any atom is -0.381 e. The molecule has 0 aromatic heterocycles. The fourth-order valence-electron chi connectivity index (χ4n) is 3.21. The van der Waals surface area contributed by atoms with Crippen molar-refractivity contribution in [3.8, 4) is 0 Å². The Hall–Kier alpha value is -1.38. The van der Waals surface area contributed by atoms with Crippen LogP contribution in [0, 0.1) is 5.92 Å². The van der Waals surface area contributed by atoms with Crippen LogP contribution in [0.1, 0.15) is 18.4 Å². The molecule has 2 unspecified atom stereocenters. The Morgan fingerprint density at radius 3 is 2.85 bits per heavy atom. The molecule has 0 saturated carbocycles. The number of rotatable bonds is 5. The highest BCUT2D eigenvalue weighted by Gasteiger charge is 2.20. The highest BCUT2D eigenvalue weighted by Crippen LogP contribution is 2.23. The van der Waals surface area contributed by atoms with E-state index < -0.39 is 0 Å². The number of fused-ring (bicyclic) bond motifs is 1. The highest BCUT2D eigenvalue weighted by molar-refractivity contribution is 5.85. The summed E-state index contributed by atoms with van der Waals surface area (Å²) in [7, 11) is 2.08. The van der Waals surface area contributed by atoms with Gasteiger partial charge in [-0.3, -0.25) is 0 Å². The number of hydrogen-bond donors (Lipinski definition) is 1. The molecule has 3 rings (SSSR count). The van der Waals surface area contributed by atoms with E-state index in [4.69, 9.17) is 4.74 Å². The van der Waals surface area contributed by atoms with Crippen molar-refractivity contribution in [3.05, 3.63) is 48.0 Å². The van der Waals surface area contributed by atoms with Gasteiger partial charge >= 0.3 is 0 Å². The highest BCUT2D eigenvalue weighted by atomic mass is 16.5. The molecule has 1 saturated heterocycles. The van der Waals surface area contributed by atoms with Crippen molar-refractivity contribution in [2.75, 3.05) is 20.3 Å². The lowest BCUT2D eigenvalue weighted by Gasteiger charge is -2.20. The molecule has 0 amide bonds. The predicted octanol–water partition coefficient (Wildman–Crippen LogP) is 3.40. The molecule has 1 aliphatic heterocycles. The van der Waals surface area contributed by atoms with Crippen LogP contribution in [0.15, 0.2) is 42.5 Å². The SMILES string of the molecule is CNC(Cc1cccc2ccccc12)CC1CCOC1. The van der Waals surface area contributed by atoms with E-state index in [-0.39, 0.29) is 0 Å². The Labute approximate surface area is 121 Å². The van der Waals surface area contributed by atoms with Gasteiger partial charge in [0.05, 0.1) is 0 Å². The van der Waals surface area contributed by atoms with E-state index in [1.165, 1.54) is 29.2 Å². The second kappa shape index (κ2) is 6.38. The normalized spacial score (nSPS) is 20.4. The molecular weight excluding hydrogens is 246 g/mol. The van der Waals surface area contributed by atoms with Crippen LogP contribution >= 0.6 is 0 Å². The summed E-state index contributed by atoms with van der Waals surface area (Å²) >= 11 is 0. The van der Waals surface area contributed by atoms with Gasteiger partial charge in [-0.05, 0) is 48.6 Å². The molecule has 0 bridgehead atoms. The summed E-state index contributed by atoms with van der Waals surface area (Å²) in [5.74, 6) is 0.724. The van der Waals surface area contributed by atoms with Crippen LogP contribution in [0.4, 0.5) is 0 Å². The molecule has 1 N–H and O–H groups in total. The van der Waals surface area contributed by atoms with Crippen LogP contribution < -0.4 is 5.32 Å². The summed E-state index contributed by atoms with van der Waals surface area (Å²) in [4.78, 5) is 0. The zero-order valence-corrected chi connectivity index (χ0v) is 12.1. The Bertz CT molecular complexity index is 555. The summed E-state index contributed by atoms with van der Waals surface area (Å²) < 4.78 is 5.50. The van der Waals surface area contributed by atoms with E-state index in [9.17, 15) is 0 Å². The first kappa shape index (κ1) is 13.6. The van der Waals surface area contributed by atoms with Crippen molar-refractivity contribution < 1.29 is 4.74 Å². The summed E-state index contributed by atoms with van der Waals surface area (Å²) in [5, 5.41) is 6.21. The average molecular weight is 269 g/mol. The number of benzene rings is 2. The fourth-order valence-corrected chi connectivity index (χ4v) is 3.21. The van der Waals surface area contributed by atoms with Crippen molar-refractivity contribution in [3.63, 3.8) is 0 Å². The van der Waals surface area contributed by atoms with Crippen LogP contribution in [0.25, 0.3) is 10.8 Å². The molecule has 2 nitrogen and oxygen atoms in total. The van der Waals surface area contributed by atoms with Crippen molar-refractivity contribution in [1.82, 2.24) is 5.32 Å². The first-order valence-electron chi connectivity index (χ1n) is 7.58. The summed E-state index contributed by atoms with van der Waals surface area (Å²) in [6, 6.07) is 15.8. The number of nitrogens with one attached hydrogen (secondary N) is 1. The van der Waals surface area contributed by atoms with Gasteiger partial charge < -0.3 is 10.1 Å². The zero-order chi connectivity index (χ0) is 13.8. The molecule has 2 heteroatoms. The third-order valence-electron chi connectivity index (χ3n) is 4.40. The minimum absolute atomic E-state index is 0.535. The molecule has 1 heterocycles. The van der Waals surface area contributed by atoms with E-state index in [1.54, 1.807) is 0 Å². The van der Waals surface area contributed by atoms with Gasteiger partial charge in [-0.15, -0.1) is 0 Å². The number of likely N-dealkylation sites (N-methyl/N-ethyl adjacent to an activating group) is 1. The molecule has 0 radical (unpaired) electrons. The first-order chi connectivity index (χ1) is 9.86. The smallest absolute Gasteiger partial charge is 0.0495 e. The largest absolute Gasteiger partial charge is 0.381 e. The monoisotopic (exact) mass is 269 g/mol. The van der Waals surface area contributed by atoms with Gasteiger partial charge in [0.1, 0.15) is 0 Å². The lowest BCUT2D eigenvalue weighted by atomic mass is 9.92. The molecule has 20 heavy (non-hydrogen) atoms. The summed E-state index contributed by atoms with van der Waals surface area (Å²) in [6.45, 7) is 1.88. The van der Waals surface area contributed by atoms with Gasteiger partial charge in [-0.25, -0.2) is 0 Å².